The molecule has 0 aliphatic carbocycles. The number of hydrogen-bond acceptors (Lipinski definition) is 2. The van der Waals surface area contributed by atoms with Crippen LogP contribution in [-0.2, 0) is 0 Å². The van der Waals surface area contributed by atoms with Gasteiger partial charge in [0.15, 0.2) is 0 Å². The maximum absolute atomic E-state index is 9.22. The van der Waals surface area contributed by atoms with E-state index in [9.17, 15) is 5.26 Å². The van der Waals surface area contributed by atoms with Gasteiger partial charge in [0.2, 0.25) is 0 Å². The summed E-state index contributed by atoms with van der Waals surface area (Å²) >= 11 is 0. The van der Waals surface area contributed by atoms with Crippen molar-refractivity contribution in [3.05, 3.63) is 65.9 Å². The lowest BCUT2D eigenvalue weighted by atomic mass is 9.96. The monoisotopic (exact) mass is 244 g/mol. The van der Waals surface area contributed by atoms with Crippen LogP contribution in [0.4, 0.5) is 0 Å². The number of benzene rings is 2. The zero-order valence-electron chi connectivity index (χ0n) is 10.6. The Kier molecular flexibility index (Phi) is 2.74. The Morgan fingerprint density at radius 2 is 1.74 bits per heavy atom. The first-order valence-corrected chi connectivity index (χ1v) is 6.15. The SMILES string of the molecule is Cc1ccc(-c2ncccc2C#N)c2ccccc12. The van der Waals surface area contributed by atoms with Crippen LogP contribution in [0, 0.1) is 18.3 Å². The molecule has 3 rings (SSSR count). The van der Waals surface area contributed by atoms with Crippen molar-refractivity contribution in [3.63, 3.8) is 0 Å². The molecule has 0 saturated carbocycles. The molecule has 2 aromatic carbocycles. The lowest BCUT2D eigenvalue weighted by Gasteiger charge is -2.09. The standard InChI is InChI=1S/C17H12N2/c1-12-8-9-16(15-7-3-2-6-14(12)15)17-13(11-18)5-4-10-19-17/h2-10H,1H3. The average molecular weight is 244 g/mol. The molecule has 1 heterocycles. The number of aromatic nitrogens is 1. The van der Waals surface area contributed by atoms with Gasteiger partial charge in [-0.05, 0) is 35.4 Å². The van der Waals surface area contributed by atoms with Crippen molar-refractivity contribution in [2.45, 2.75) is 6.92 Å². The molecule has 0 radical (unpaired) electrons. The molecular formula is C17H12N2. The highest BCUT2D eigenvalue weighted by molar-refractivity contribution is 5.98. The summed E-state index contributed by atoms with van der Waals surface area (Å²) in [5.41, 5.74) is 3.60. The van der Waals surface area contributed by atoms with Gasteiger partial charge in [0.05, 0.1) is 11.3 Å². The third-order valence-corrected chi connectivity index (χ3v) is 3.33. The second-order valence-electron chi connectivity index (χ2n) is 4.49. The van der Waals surface area contributed by atoms with E-state index in [-0.39, 0.29) is 0 Å². The Morgan fingerprint density at radius 1 is 0.947 bits per heavy atom. The minimum atomic E-state index is 0.608. The fraction of sp³-hybridized carbons (Fsp3) is 0.0588. The largest absolute Gasteiger partial charge is 0.255 e. The van der Waals surface area contributed by atoms with Crippen molar-refractivity contribution in [2.75, 3.05) is 0 Å². The summed E-state index contributed by atoms with van der Waals surface area (Å²) in [6.07, 6.45) is 1.73. The van der Waals surface area contributed by atoms with Gasteiger partial charge in [0, 0.05) is 11.8 Å². The topological polar surface area (TPSA) is 36.7 Å². The summed E-state index contributed by atoms with van der Waals surface area (Å²) in [5, 5.41) is 11.6. The third kappa shape index (κ3) is 1.86. The van der Waals surface area contributed by atoms with Gasteiger partial charge in [0.1, 0.15) is 6.07 Å². The zero-order valence-corrected chi connectivity index (χ0v) is 10.6. The Bertz CT molecular complexity index is 798. The van der Waals surface area contributed by atoms with Gasteiger partial charge < -0.3 is 0 Å². The minimum Gasteiger partial charge on any atom is -0.255 e. The van der Waals surface area contributed by atoms with Crippen LogP contribution < -0.4 is 0 Å². The van der Waals surface area contributed by atoms with E-state index in [1.165, 1.54) is 10.9 Å². The zero-order chi connectivity index (χ0) is 13.2. The molecule has 90 valence electrons. The fourth-order valence-corrected chi connectivity index (χ4v) is 2.37. The molecular weight excluding hydrogens is 232 g/mol. The first-order valence-electron chi connectivity index (χ1n) is 6.15. The summed E-state index contributed by atoms with van der Waals surface area (Å²) < 4.78 is 0. The van der Waals surface area contributed by atoms with Crippen LogP contribution in [0.5, 0.6) is 0 Å². The van der Waals surface area contributed by atoms with Gasteiger partial charge in [-0.15, -0.1) is 0 Å². The molecule has 19 heavy (non-hydrogen) atoms. The van der Waals surface area contributed by atoms with Crippen LogP contribution in [-0.4, -0.2) is 4.98 Å². The quantitative estimate of drug-likeness (QED) is 0.646. The fourth-order valence-electron chi connectivity index (χ4n) is 2.37. The van der Waals surface area contributed by atoms with Crippen LogP contribution in [0.3, 0.4) is 0 Å². The van der Waals surface area contributed by atoms with Crippen LogP contribution in [0.25, 0.3) is 22.0 Å². The van der Waals surface area contributed by atoms with Crippen LogP contribution in [0.15, 0.2) is 54.7 Å². The molecule has 0 N–H and O–H groups in total. The Balaban J connectivity index is 2.39. The number of pyridine rings is 1. The summed E-state index contributed by atoms with van der Waals surface area (Å²) in [4.78, 5) is 4.38. The first-order chi connectivity index (χ1) is 9.31. The van der Waals surface area contributed by atoms with E-state index in [4.69, 9.17) is 0 Å². The Hall–Kier alpha value is -2.66. The maximum atomic E-state index is 9.22. The molecule has 0 aliphatic rings. The van der Waals surface area contributed by atoms with Gasteiger partial charge in [-0.3, -0.25) is 4.98 Å². The molecule has 0 amide bonds. The van der Waals surface area contributed by atoms with Gasteiger partial charge in [-0.25, -0.2) is 0 Å². The molecule has 2 heteroatoms. The number of nitriles is 1. The predicted molar refractivity (Wildman–Crippen MR) is 76.6 cm³/mol. The first kappa shape index (κ1) is 11.4. The van der Waals surface area contributed by atoms with Crippen LogP contribution in [0.1, 0.15) is 11.1 Å². The summed E-state index contributed by atoms with van der Waals surface area (Å²) in [6.45, 7) is 2.09. The normalized spacial score (nSPS) is 10.3. The highest BCUT2D eigenvalue weighted by Crippen LogP contribution is 2.30. The molecule has 0 unspecified atom stereocenters. The predicted octanol–water partition coefficient (Wildman–Crippen LogP) is 4.08. The van der Waals surface area contributed by atoms with Crippen molar-refractivity contribution in [2.24, 2.45) is 0 Å². The lowest BCUT2D eigenvalue weighted by Crippen LogP contribution is -1.90. The van der Waals surface area contributed by atoms with E-state index in [1.807, 2.05) is 18.2 Å². The van der Waals surface area contributed by atoms with E-state index >= 15 is 0 Å². The second-order valence-corrected chi connectivity index (χ2v) is 4.49. The van der Waals surface area contributed by atoms with Crippen molar-refractivity contribution in [1.82, 2.24) is 4.98 Å². The summed E-state index contributed by atoms with van der Waals surface area (Å²) in [5.74, 6) is 0. The minimum absolute atomic E-state index is 0.608. The molecule has 0 fully saturated rings. The van der Waals surface area contributed by atoms with Crippen molar-refractivity contribution >= 4 is 10.8 Å². The van der Waals surface area contributed by atoms with Crippen molar-refractivity contribution in [3.8, 4) is 17.3 Å². The molecule has 3 aromatic rings. The Morgan fingerprint density at radius 3 is 2.53 bits per heavy atom. The van der Waals surface area contributed by atoms with Crippen LogP contribution >= 0.6 is 0 Å². The summed E-state index contributed by atoms with van der Waals surface area (Å²) in [7, 11) is 0. The van der Waals surface area contributed by atoms with E-state index in [1.54, 1.807) is 18.3 Å². The van der Waals surface area contributed by atoms with E-state index < -0.39 is 0 Å². The van der Waals surface area contributed by atoms with Crippen molar-refractivity contribution < 1.29 is 0 Å². The highest BCUT2D eigenvalue weighted by Gasteiger charge is 2.10. The molecule has 1 aromatic heterocycles. The van der Waals surface area contributed by atoms with E-state index in [0.717, 1.165) is 16.6 Å². The van der Waals surface area contributed by atoms with Gasteiger partial charge in [-0.1, -0.05) is 36.4 Å². The van der Waals surface area contributed by atoms with Gasteiger partial charge in [-0.2, -0.15) is 5.26 Å². The average Bonchev–Trinajstić information content (AvgIpc) is 2.48. The highest BCUT2D eigenvalue weighted by atomic mass is 14.7. The third-order valence-electron chi connectivity index (χ3n) is 3.33. The molecule has 0 atom stereocenters. The summed E-state index contributed by atoms with van der Waals surface area (Å²) in [6, 6.07) is 18.1. The number of fused-ring (bicyclic) bond motifs is 1. The number of hydrogen-bond donors (Lipinski definition) is 0. The molecule has 0 aliphatic heterocycles. The van der Waals surface area contributed by atoms with Crippen molar-refractivity contribution in [1.29, 1.82) is 5.26 Å². The number of nitrogens with zero attached hydrogens (tertiary/aromatic N) is 2. The van der Waals surface area contributed by atoms with E-state index in [2.05, 4.69) is 36.2 Å². The maximum Gasteiger partial charge on any atom is 0.101 e. The van der Waals surface area contributed by atoms with Crippen LogP contribution in [0.2, 0.25) is 0 Å². The number of aryl methyl sites for hydroxylation is 1. The molecule has 2 nitrogen and oxygen atoms in total. The number of rotatable bonds is 1. The smallest absolute Gasteiger partial charge is 0.101 e. The Labute approximate surface area is 112 Å². The molecule has 0 bridgehead atoms. The van der Waals surface area contributed by atoms with E-state index in [0.29, 0.717) is 5.56 Å². The molecule has 0 spiro atoms. The molecule has 0 saturated heterocycles. The second kappa shape index (κ2) is 4.55. The van der Waals surface area contributed by atoms with Gasteiger partial charge in [0.25, 0.3) is 0 Å². The lowest BCUT2D eigenvalue weighted by molar-refractivity contribution is 1.30. The van der Waals surface area contributed by atoms with Gasteiger partial charge >= 0.3 is 0 Å².